The van der Waals surface area contributed by atoms with Crippen molar-refractivity contribution in [3.05, 3.63) is 42.5 Å². The maximum absolute atomic E-state index is 5.84. The number of fused-ring (bicyclic) bond motifs is 3. The maximum Gasteiger partial charge on any atom is 0.135 e. The second kappa shape index (κ2) is 4.02. The van der Waals surface area contributed by atoms with Crippen LogP contribution in [0.15, 0.2) is 46.9 Å². The van der Waals surface area contributed by atoms with E-state index in [-0.39, 0.29) is 0 Å². The Bertz CT molecular complexity index is 737. The number of nitrogens with one attached hydrogen (secondary N) is 1. The van der Waals surface area contributed by atoms with Gasteiger partial charge in [-0.2, -0.15) is 0 Å². The first kappa shape index (κ1) is 10.9. The molecule has 3 aromatic rings. The van der Waals surface area contributed by atoms with Crippen molar-refractivity contribution in [1.29, 1.82) is 0 Å². The molecule has 0 amide bonds. The Labute approximate surface area is 112 Å². The molecule has 1 aromatic heterocycles. The molecule has 0 spiro atoms. The summed E-state index contributed by atoms with van der Waals surface area (Å²) in [6, 6.07) is 15.3. The lowest BCUT2D eigenvalue weighted by atomic mass is 9.82. The number of furan rings is 1. The molecule has 96 valence electrons. The minimum Gasteiger partial charge on any atom is -0.456 e. The van der Waals surface area contributed by atoms with Gasteiger partial charge in [-0.25, -0.2) is 0 Å². The summed E-state index contributed by atoms with van der Waals surface area (Å²) in [4.78, 5) is 0. The molecule has 2 heteroatoms. The second-order valence-electron chi connectivity index (χ2n) is 5.73. The van der Waals surface area contributed by atoms with E-state index in [1.54, 1.807) is 0 Å². The van der Waals surface area contributed by atoms with E-state index in [1.165, 1.54) is 29.3 Å². The summed E-state index contributed by atoms with van der Waals surface area (Å²) >= 11 is 0. The van der Waals surface area contributed by atoms with Gasteiger partial charge in [0.1, 0.15) is 11.2 Å². The molecule has 0 radical (unpaired) electrons. The summed E-state index contributed by atoms with van der Waals surface area (Å²) in [7, 11) is 0. The third-order valence-electron chi connectivity index (χ3n) is 4.12. The van der Waals surface area contributed by atoms with Crippen LogP contribution in [0, 0.1) is 5.92 Å². The van der Waals surface area contributed by atoms with Crippen molar-refractivity contribution >= 4 is 27.6 Å². The molecule has 0 saturated heterocycles. The van der Waals surface area contributed by atoms with E-state index in [9.17, 15) is 0 Å². The Hall–Kier alpha value is -1.96. The molecule has 1 N–H and O–H groups in total. The quantitative estimate of drug-likeness (QED) is 0.708. The van der Waals surface area contributed by atoms with Gasteiger partial charge in [0, 0.05) is 22.5 Å². The number of hydrogen-bond donors (Lipinski definition) is 1. The van der Waals surface area contributed by atoms with Gasteiger partial charge in [-0.15, -0.1) is 0 Å². The minimum absolute atomic E-state index is 0.644. The van der Waals surface area contributed by atoms with Gasteiger partial charge in [0.05, 0.1) is 0 Å². The summed E-state index contributed by atoms with van der Waals surface area (Å²) in [6.45, 7) is 2.31. The zero-order valence-electron chi connectivity index (χ0n) is 11.0. The molecule has 0 atom stereocenters. The highest BCUT2D eigenvalue weighted by Crippen LogP contribution is 2.33. The second-order valence-corrected chi connectivity index (χ2v) is 5.73. The molecular weight excluding hydrogens is 234 g/mol. The summed E-state index contributed by atoms with van der Waals surface area (Å²) in [5, 5.41) is 6.01. The topological polar surface area (TPSA) is 25.2 Å². The summed E-state index contributed by atoms with van der Waals surface area (Å²) in [5.74, 6) is 0.871. The first-order valence-electron chi connectivity index (χ1n) is 6.97. The molecule has 0 aliphatic heterocycles. The highest BCUT2D eigenvalue weighted by molar-refractivity contribution is 6.05. The van der Waals surface area contributed by atoms with E-state index in [1.807, 2.05) is 12.1 Å². The van der Waals surface area contributed by atoms with Gasteiger partial charge in [0.15, 0.2) is 0 Å². The van der Waals surface area contributed by atoms with E-state index >= 15 is 0 Å². The van der Waals surface area contributed by atoms with Crippen LogP contribution >= 0.6 is 0 Å². The molecule has 4 rings (SSSR count). The predicted molar refractivity (Wildman–Crippen MR) is 79.5 cm³/mol. The van der Waals surface area contributed by atoms with Crippen LogP contribution in [0.2, 0.25) is 0 Å². The van der Waals surface area contributed by atoms with E-state index in [0.29, 0.717) is 6.04 Å². The van der Waals surface area contributed by atoms with Crippen LogP contribution in [-0.4, -0.2) is 6.04 Å². The third-order valence-corrected chi connectivity index (χ3v) is 4.12. The minimum atomic E-state index is 0.644. The van der Waals surface area contributed by atoms with Gasteiger partial charge >= 0.3 is 0 Å². The van der Waals surface area contributed by atoms with Gasteiger partial charge in [-0.05, 0) is 43.0 Å². The Morgan fingerprint density at radius 2 is 1.79 bits per heavy atom. The lowest BCUT2D eigenvalue weighted by molar-refractivity contribution is 0.309. The van der Waals surface area contributed by atoms with Crippen molar-refractivity contribution in [2.75, 3.05) is 5.32 Å². The van der Waals surface area contributed by atoms with Crippen molar-refractivity contribution in [3.63, 3.8) is 0 Å². The number of anilines is 1. The lowest BCUT2D eigenvalue weighted by Gasteiger charge is -2.34. The van der Waals surface area contributed by atoms with E-state index in [0.717, 1.165) is 17.1 Å². The smallest absolute Gasteiger partial charge is 0.135 e. The molecule has 0 unspecified atom stereocenters. The highest BCUT2D eigenvalue weighted by atomic mass is 16.3. The third kappa shape index (κ3) is 1.79. The average molecular weight is 251 g/mol. The summed E-state index contributed by atoms with van der Waals surface area (Å²) in [6.07, 6.45) is 2.56. The van der Waals surface area contributed by atoms with Gasteiger partial charge in [0.2, 0.25) is 0 Å². The monoisotopic (exact) mass is 251 g/mol. The molecular formula is C17H17NO. The van der Waals surface area contributed by atoms with Crippen LogP contribution in [0.5, 0.6) is 0 Å². The largest absolute Gasteiger partial charge is 0.456 e. The fraction of sp³-hybridized carbons (Fsp3) is 0.294. The molecule has 1 aliphatic rings. The Balaban J connectivity index is 1.75. The molecule has 19 heavy (non-hydrogen) atoms. The van der Waals surface area contributed by atoms with Crippen molar-refractivity contribution in [1.82, 2.24) is 0 Å². The fourth-order valence-electron chi connectivity index (χ4n) is 3.07. The zero-order chi connectivity index (χ0) is 12.8. The number of benzene rings is 2. The number of rotatable bonds is 2. The van der Waals surface area contributed by atoms with Gasteiger partial charge < -0.3 is 9.73 Å². The van der Waals surface area contributed by atoms with Crippen LogP contribution in [0.3, 0.4) is 0 Å². The molecule has 1 saturated carbocycles. The molecule has 2 nitrogen and oxygen atoms in total. The van der Waals surface area contributed by atoms with Crippen LogP contribution < -0.4 is 5.32 Å². The fourth-order valence-corrected chi connectivity index (χ4v) is 3.07. The number of hydrogen-bond acceptors (Lipinski definition) is 2. The molecule has 2 aromatic carbocycles. The average Bonchev–Trinajstić information content (AvgIpc) is 2.75. The Morgan fingerprint density at radius 1 is 1.00 bits per heavy atom. The van der Waals surface area contributed by atoms with Crippen molar-refractivity contribution in [2.24, 2.45) is 5.92 Å². The van der Waals surface area contributed by atoms with Gasteiger partial charge in [-0.1, -0.05) is 25.1 Å². The summed E-state index contributed by atoms with van der Waals surface area (Å²) < 4.78 is 5.84. The lowest BCUT2D eigenvalue weighted by Crippen LogP contribution is -2.33. The molecule has 1 fully saturated rings. The zero-order valence-corrected chi connectivity index (χ0v) is 11.0. The maximum atomic E-state index is 5.84. The Kier molecular flexibility index (Phi) is 2.31. The SMILES string of the molecule is CC1CC(Nc2ccc3oc4ccccc4c3c2)C1. The molecule has 0 bridgehead atoms. The molecule has 1 aliphatic carbocycles. The van der Waals surface area contributed by atoms with Crippen LogP contribution in [-0.2, 0) is 0 Å². The first-order chi connectivity index (χ1) is 9.29. The standard InChI is InChI=1S/C17H17NO/c1-11-8-13(9-11)18-12-6-7-17-15(10-12)14-4-2-3-5-16(14)19-17/h2-7,10-11,13,18H,8-9H2,1H3. The normalized spacial score (nSPS) is 22.6. The predicted octanol–water partition coefficient (Wildman–Crippen LogP) is 4.80. The Morgan fingerprint density at radius 3 is 2.63 bits per heavy atom. The van der Waals surface area contributed by atoms with Gasteiger partial charge in [-0.3, -0.25) is 0 Å². The summed E-state index contributed by atoms with van der Waals surface area (Å²) in [5.41, 5.74) is 3.14. The van der Waals surface area contributed by atoms with Gasteiger partial charge in [0.25, 0.3) is 0 Å². The van der Waals surface area contributed by atoms with Crippen LogP contribution in [0.1, 0.15) is 19.8 Å². The van der Waals surface area contributed by atoms with E-state index < -0.39 is 0 Å². The van der Waals surface area contributed by atoms with E-state index in [4.69, 9.17) is 4.42 Å². The molecule has 1 heterocycles. The van der Waals surface area contributed by atoms with Crippen LogP contribution in [0.25, 0.3) is 21.9 Å². The number of para-hydroxylation sites is 1. The van der Waals surface area contributed by atoms with Crippen molar-refractivity contribution < 1.29 is 4.42 Å². The van der Waals surface area contributed by atoms with Crippen molar-refractivity contribution in [3.8, 4) is 0 Å². The van der Waals surface area contributed by atoms with Crippen LogP contribution in [0.4, 0.5) is 5.69 Å². The first-order valence-corrected chi connectivity index (χ1v) is 6.97. The van der Waals surface area contributed by atoms with E-state index in [2.05, 4.69) is 42.6 Å². The highest BCUT2D eigenvalue weighted by Gasteiger charge is 2.24. The van der Waals surface area contributed by atoms with Crippen molar-refractivity contribution in [2.45, 2.75) is 25.8 Å².